The number of para-hydroxylation sites is 1. The van der Waals surface area contributed by atoms with Gasteiger partial charge in [0.15, 0.2) is 0 Å². The Kier molecular flexibility index (Phi) is 4.36. The minimum atomic E-state index is -0.337. The Balaban J connectivity index is 1.68. The molecule has 1 aliphatic rings. The molecule has 1 amide bonds. The number of benzene rings is 3. The van der Waals surface area contributed by atoms with Crippen LogP contribution < -0.4 is 0 Å². The number of hydrogen-bond acceptors (Lipinski definition) is 1. The van der Waals surface area contributed by atoms with Gasteiger partial charge in [-0.25, -0.2) is 4.39 Å². The smallest absolute Gasteiger partial charge is 0.256 e. The van der Waals surface area contributed by atoms with Gasteiger partial charge in [0, 0.05) is 23.1 Å². The lowest BCUT2D eigenvalue weighted by atomic mass is 9.91. The van der Waals surface area contributed by atoms with E-state index in [0.717, 1.165) is 23.2 Å². The molecule has 3 nitrogen and oxygen atoms in total. The Labute approximate surface area is 172 Å². The highest BCUT2D eigenvalue weighted by molar-refractivity contribution is 6.33. The van der Waals surface area contributed by atoms with Gasteiger partial charge in [0.25, 0.3) is 5.91 Å². The topological polar surface area (TPSA) is 36.1 Å². The van der Waals surface area contributed by atoms with Gasteiger partial charge in [-0.1, -0.05) is 54.1 Å². The molecule has 1 aromatic heterocycles. The van der Waals surface area contributed by atoms with Crippen molar-refractivity contribution in [2.45, 2.75) is 12.5 Å². The highest BCUT2D eigenvalue weighted by atomic mass is 35.5. The van der Waals surface area contributed by atoms with Crippen molar-refractivity contribution in [3.63, 3.8) is 0 Å². The van der Waals surface area contributed by atoms with Crippen LogP contribution in [0.3, 0.4) is 0 Å². The zero-order valence-corrected chi connectivity index (χ0v) is 16.3. The molecule has 5 heteroatoms. The Hall–Kier alpha value is -3.11. The van der Waals surface area contributed by atoms with Crippen molar-refractivity contribution in [1.29, 1.82) is 0 Å². The van der Waals surface area contributed by atoms with Gasteiger partial charge in [-0.05, 0) is 47.9 Å². The van der Waals surface area contributed by atoms with Crippen molar-refractivity contribution in [3.8, 4) is 0 Å². The number of aromatic amines is 1. The lowest BCUT2D eigenvalue weighted by Gasteiger charge is -2.36. The first-order valence-corrected chi connectivity index (χ1v) is 9.92. The number of nitrogens with zero attached hydrogens (tertiary/aromatic N) is 1. The molecule has 0 aliphatic carbocycles. The highest BCUT2D eigenvalue weighted by Gasteiger charge is 2.35. The lowest BCUT2D eigenvalue weighted by molar-refractivity contribution is 0.0692. The molecule has 144 valence electrons. The Morgan fingerprint density at radius 2 is 1.72 bits per heavy atom. The Bertz CT molecular complexity index is 1220. The molecule has 1 N–H and O–H groups in total. The minimum absolute atomic E-state index is 0.130. The zero-order valence-electron chi connectivity index (χ0n) is 15.5. The van der Waals surface area contributed by atoms with Gasteiger partial charge in [0.2, 0.25) is 0 Å². The highest BCUT2D eigenvalue weighted by Crippen LogP contribution is 2.39. The molecule has 3 aromatic carbocycles. The number of carbonyl (C=O) groups excluding carboxylic acids is 1. The third kappa shape index (κ3) is 3.00. The average molecular weight is 405 g/mol. The zero-order chi connectivity index (χ0) is 20.0. The fourth-order valence-corrected chi connectivity index (χ4v) is 4.46. The molecule has 1 atom stereocenters. The molecule has 1 aliphatic heterocycles. The van der Waals surface area contributed by atoms with E-state index in [-0.39, 0.29) is 17.8 Å². The normalized spacial score (nSPS) is 16.1. The number of H-pyrrole nitrogens is 1. The Morgan fingerprint density at radius 1 is 1.00 bits per heavy atom. The van der Waals surface area contributed by atoms with Crippen molar-refractivity contribution in [2.75, 3.05) is 6.54 Å². The standard InChI is InChI=1S/C24H18ClFN2O/c25-20-7-3-1-6-19(20)24(29)28-14-13-18-17-5-2-4-8-21(17)27-22(18)23(28)15-9-11-16(26)12-10-15/h1-12,23,27H,13-14H2/t23-/m1/s1. The third-order valence-electron chi connectivity index (χ3n) is 5.59. The number of carbonyl (C=O) groups is 1. The second kappa shape index (κ2) is 7.05. The van der Waals surface area contributed by atoms with Crippen LogP contribution in [0, 0.1) is 5.82 Å². The predicted molar refractivity (Wildman–Crippen MR) is 113 cm³/mol. The van der Waals surface area contributed by atoms with Gasteiger partial charge in [-0.3, -0.25) is 4.79 Å². The van der Waals surface area contributed by atoms with Crippen LogP contribution in [0.1, 0.15) is 33.2 Å². The summed E-state index contributed by atoms with van der Waals surface area (Å²) in [4.78, 5) is 18.8. The molecule has 0 unspecified atom stereocenters. The predicted octanol–water partition coefficient (Wildman–Crippen LogP) is 5.75. The van der Waals surface area contributed by atoms with E-state index in [1.54, 1.807) is 24.3 Å². The van der Waals surface area contributed by atoms with Gasteiger partial charge < -0.3 is 9.88 Å². The summed E-state index contributed by atoms with van der Waals surface area (Å²) in [5.41, 5.74) is 4.55. The number of nitrogens with one attached hydrogen (secondary N) is 1. The molecule has 5 rings (SSSR count). The summed E-state index contributed by atoms with van der Waals surface area (Å²) in [6.07, 6.45) is 0.743. The van der Waals surface area contributed by atoms with Crippen LogP contribution in [0.25, 0.3) is 10.9 Å². The lowest BCUT2D eigenvalue weighted by Crippen LogP contribution is -2.40. The van der Waals surface area contributed by atoms with Crippen LogP contribution in [0.2, 0.25) is 5.02 Å². The van der Waals surface area contributed by atoms with E-state index in [0.29, 0.717) is 17.1 Å². The van der Waals surface area contributed by atoms with Gasteiger partial charge >= 0.3 is 0 Å². The van der Waals surface area contributed by atoms with Crippen molar-refractivity contribution < 1.29 is 9.18 Å². The summed E-state index contributed by atoms with van der Waals surface area (Å²) in [5, 5.41) is 1.59. The van der Waals surface area contributed by atoms with E-state index >= 15 is 0 Å². The summed E-state index contributed by atoms with van der Waals surface area (Å²) >= 11 is 6.31. The van der Waals surface area contributed by atoms with Gasteiger partial charge in [0.1, 0.15) is 5.82 Å². The summed E-state index contributed by atoms with van der Waals surface area (Å²) in [5.74, 6) is -0.431. The van der Waals surface area contributed by atoms with Crippen molar-refractivity contribution in [2.24, 2.45) is 0 Å². The number of fused-ring (bicyclic) bond motifs is 3. The monoisotopic (exact) mass is 404 g/mol. The largest absolute Gasteiger partial charge is 0.356 e. The first-order chi connectivity index (χ1) is 14.1. The van der Waals surface area contributed by atoms with Crippen LogP contribution in [0.4, 0.5) is 4.39 Å². The van der Waals surface area contributed by atoms with Gasteiger partial charge in [-0.2, -0.15) is 0 Å². The summed E-state index contributed by atoms with van der Waals surface area (Å²) in [7, 11) is 0. The molecule has 2 heterocycles. The van der Waals surface area contributed by atoms with E-state index < -0.39 is 0 Å². The van der Waals surface area contributed by atoms with Crippen molar-refractivity contribution in [3.05, 3.63) is 106 Å². The summed E-state index contributed by atoms with van der Waals surface area (Å²) in [6, 6.07) is 21.2. The SMILES string of the molecule is O=C(c1ccccc1Cl)N1CCc2c([nH]c3ccccc23)[C@H]1c1ccc(F)cc1. The van der Waals surface area contributed by atoms with Crippen LogP contribution in [0.5, 0.6) is 0 Å². The van der Waals surface area contributed by atoms with E-state index in [1.807, 2.05) is 35.2 Å². The van der Waals surface area contributed by atoms with Gasteiger partial charge in [0.05, 0.1) is 16.6 Å². The maximum absolute atomic E-state index is 13.6. The molecule has 0 saturated carbocycles. The average Bonchev–Trinajstić information content (AvgIpc) is 3.12. The first kappa shape index (κ1) is 18.0. The van der Waals surface area contributed by atoms with Gasteiger partial charge in [-0.15, -0.1) is 0 Å². The maximum Gasteiger partial charge on any atom is 0.256 e. The molecule has 0 spiro atoms. The quantitative estimate of drug-likeness (QED) is 0.453. The number of amides is 1. The van der Waals surface area contributed by atoms with E-state index in [4.69, 9.17) is 11.6 Å². The number of rotatable bonds is 2. The van der Waals surface area contributed by atoms with E-state index in [1.165, 1.54) is 23.1 Å². The van der Waals surface area contributed by atoms with Crippen LogP contribution in [0.15, 0.2) is 72.8 Å². The van der Waals surface area contributed by atoms with Crippen LogP contribution in [-0.2, 0) is 6.42 Å². The summed E-state index contributed by atoms with van der Waals surface area (Å²) < 4.78 is 13.6. The first-order valence-electron chi connectivity index (χ1n) is 9.54. The second-order valence-electron chi connectivity index (χ2n) is 7.25. The second-order valence-corrected chi connectivity index (χ2v) is 7.65. The molecular weight excluding hydrogens is 387 g/mol. The molecule has 4 aromatic rings. The van der Waals surface area contributed by atoms with Crippen molar-refractivity contribution >= 4 is 28.4 Å². The molecule has 0 fully saturated rings. The van der Waals surface area contributed by atoms with Crippen LogP contribution >= 0.6 is 11.6 Å². The molecular formula is C24H18ClFN2O. The molecule has 0 saturated heterocycles. The van der Waals surface area contributed by atoms with Crippen molar-refractivity contribution in [1.82, 2.24) is 9.88 Å². The number of hydrogen-bond donors (Lipinski definition) is 1. The maximum atomic E-state index is 13.6. The Morgan fingerprint density at radius 3 is 2.52 bits per heavy atom. The van der Waals surface area contributed by atoms with E-state index in [9.17, 15) is 9.18 Å². The molecule has 0 radical (unpaired) electrons. The minimum Gasteiger partial charge on any atom is -0.356 e. The number of halogens is 2. The third-order valence-corrected chi connectivity index (χ3v) is 5.91. The number of aromatic nitrogens is 1. The fourth-order valence-electron chi connectivity index (χ4n) is 4.24. The molecule has 29 heavy (non-hydrogen) atoms. The summed E-state index contributed by atoms with van der Waals surface area (Å²) in [6.45, 7) is 0.556. The molecule has 0 bridgehead atoms. The van der Waals surface area contributed by atoms with E-state index in [2.05, 4.69) is 11.1 Å². The van der Waals surface area contributed by atoms with Crippen LogP contribution in [-0.4, -0.2) is 22.3 Å². The fraction of sp³-hybridized carbons (Fsp3) is 0.125.